The molecule has 0 radical (unpaired) electrons. The second-order valence-corrected chi connectivity index (χ2v) is 8.63. The van der Waals surface area contributed by atoms with Crippen LogP contribution < -0.4 is 5.32 Å². The average molecular weight is 418 g/mol. The van der Waals surface area contributed by atoms with Crippen LogP contribution in [0.4, 0.5) is 5.69 Å². The van der Waals surface area contributed by atoms with E-state index in [1.807, 2.05) is 0 Å². The molecule has 1 amide bonds. The number of nitrogens with zero attached hydrogens (tertiary/aromatic N) is 1. The van der Waals surface area contributed by atoms with Crippen molar-refractivity contribution in [3.05, 3.63) is 54.1 Å². The fraction of sp³-hybridized carbons (Fsp3) is 0.300. The normalized spacial score (nSPS) is 14.5. The second-order valence-electron chi connectivity index (χ2n) is 6.69. The molecular weight excluding hydrogens is 396 g/mol. The van der Waals surface area contributed by atoms with Gasteiger partial charge >= 0.3 is 5.97 Å². The van der Waals surface area contributed by atoms with E-state index in [4.69, 9.17) is 4.74 Å². The van der Waals surface area contributed by atoms with E-state index in [-0.39, 0.29) is 17.1 Å². The number of sulfonamides is 1. The number of ether oxygens (including phenoxy) is 1. The predicted octanol–water partition coefficient (Wildman–Crippen LogP) is 1.90. The zero-order chi connectivity index (χ0) is 20.9. The predicted molar refractivity (Wildman–Crippen MR) is 106 cm³/mol. The first-order valence-electron chi connectivity index (χ1n) is 9.18. The Bertz CT molecular complexity index is 982. The minimum Gasteiger partial charge on any atom is -0.508 e. The summed E-state index contributed by atoms with van der Waals surface area (Å²) in [7, 11) is -3.58. The van der Waals surface area contributed by atoms with Crippen molar-refractivity contribution in [1.82, 2.24) is 4.31 Å². The van der Waals surface area contributed by atoms with Crippen LogP contribution in [-0.4, -0.2) is 49.4 Å². The van der Waals surface area contributed by atoms with Crippen LogP contribution in [0.15, 0.2) is 53.4 Å². The van der Waals surface area contributed by atoms with E-state index < -0.39 is 28.5 Å². The number of carbonyl (C=O) groups is 2. The first-order chi connectivity index (χ1) is 13.8. The SMILES string of the molecule is O=C(COC(=O)Cc1ccc(O)cc1)Nc1cccc(S(=O)(=O)N2CCCC2)c1. The molecule has 1 aliphatic rings. The van der Waals surface area contributed by atoms with Crippen LogP contribution >= 0.6 is 0 Å². The van der Waals surface area contributed by atoms with Crippen molar-refractivity contribution in [2.45, 2.75) is 24.2 Å². The largest absolute Gasteiger partial charge is 0.508 e. The van der Waals surface area contributed by atoms with E-state index in [1.54, 1.807) is 24.3 Å². The topological polar surface area (TPSA) is 113 Å². The number of phenolic OH excluding ortho intramolecular Hbond substituents is 1. The number of nitrogens with one attached hydrogen (secondary N) is 1. The summed E-state index contributed by atoms with van der Waals surface area (Å²) >= 11 is 0. The maximum absolute atomic E-state index is 12.6. The van der Waals surface area contributed by atoms with Crippen molar-refractivity contribution in [1.29, 1.82) is 0 Å². The lowest BCUT2D eigenvalue weighted by molar-refractivity contribution is -0.146. The Balaban J connectivity index is 1.54. The molecule has 1 fully saturated rings. The molecule has 0 aliphatic carbocycles. The smallest absolute Gasteiger partial charge is 0.310 e. The molecule has 29 heavy (non-hydrogen) atoms. The molecule has 2 N–H and O–H groups in total. The Morgan fingerprint density at radius 1 is 1.07 bits per heavy atom. The molecular formula is C20H22N2O6S. The number of rotatable bonds is 7. The first kappa shape index (κ1) is 20.8. The molecule has 0 saturated carbocycles. The molecule has 2 aromatic carbocycles. The number of hydrogen-bond acceptors (Lipinski definition) is 6. The van der Waals surface area contributed by atoms with Crippen molar-refractivity contribution in [2.24, 2.45) is 0 Å². The number of amides is 1. The summed E-state index contributed by atoms with van der Waals surface area (Å²) in [5.41, 5.74) is 0.956. The van der Waals surface area contributed by atoms with Gasteiger partial charge in [0.2, 0.25) is 10.0 Å². The highest BCUT2D eigenvalue weighted by Gasteiger charge is 2.27. The molecule has 1 heterocycles. The van der Waals surface area contributed by atoms with Crippen LogP contribution in [-0.2, 0) is 30.8 Å². The number of carbonyl (C=O) groups excluding carboxylic acids is 2. The van der Waals surface area contributed by atoms with Gasteiger partial charge in [-0.2, -0.15) is 4.31 Å². The van der Waals surface area contributed by atoms with E-state index in [1.165, 1.54) is 28.6 Å². The van der Waals surface area contributed by atoms with E-state index in [0.717, 1.165) is 12.8 Å². The molecule has 0 bridgehead atoms. The summed E-state index contributed by atoms with van der Waals surface area (Å²) in [6.07, 6.45) is 1.65. The summed E-state index contributed by atoms with van der Waals surface area (Å²) in [6, 6.07) is 12.1. The van der Waals surface area contributed by atoms with E-state index in [2.05, 4.69) is 5.32 Å². The number of anilines is 1. The van der Waals surface area contributed by atoms with E-state index in [9.17, 15) is 23.1 Å². The van der Waals surface area contributed by atoms with Crippen LogP contribution in [0.2, 0.25) is 0 Å². The van der Waals surface area contributed by atoms with Gasteiger partial charge in [0.1, 0.15) is 5.75 Å². The van der Waals surface area contributed by atoms with Gasteiger partial charge in [0.25, 0.3) is 5.91 Å². The van der Waals surface area contributed by atoms with Gasteiger partial charge in [0, 0.05) is 18.8 Å². The van der Waals surface area contributed by atoms with E-state index in [0.29, 0.717) is 24.3 Å². The van der Waals surface area contributed by atoms with Gasteiger partial charge < -0.3 is 15.2 Å². The maximum atomic E-state index is 12.6. The van der Waals surface area contributed by atoms with Crippen molar-refractivity contribution >= 4 is 27.6 Å². The molecule has 3 rings (SSSR count). The molecule has 0 atom stereocenters. The number of phenols is 1. The minimum absolute atomic E-state index is 0.0306. The molecule has 9 heteroatoms. The highest BCUT2D eigenvalue weighted by Crippen LogP contribution is 2.23. The number of benzene rings is 2. The fourth-order valence-electron chi connectivity index (χ4n) is 2.99. The Morgan fingerprint density at radius 2 is 1.76 bits per heavy atom. The first-order valence-corrected chi connectivity index (χ1v) is 10.6. The summed E-state index contributed by atoms with van der Waals surface area (Å²) in [5.74, 6) is -1.06. The van der Waals surface area contributed by atoms with Crippen molar-refractivity contribution in [3.63, 3.8) is 0 Å². The monoisotopic (exact) mass is 418 g/mol. The zero-order valence-electron chi connectivity index (χ0n) is 15.7. The van der Waals surface area contributed by atoms with Crippen LogP contribution in [0, 0.1) is 0 Å². The van der Waals surface area contributed by atoms with Crippen LogP contribution in [0.25, 0.3) is 0 Å². The summed E-state index contributed by atoms with van der Waals surface area (Å²) in [6.45, 7) is 0.506. The van der Waals surface area contributed by atoms with Gasteiger partial charge in [-0.1, -0.05) is 18.2 Å². The third kappa shape index (κ3) is 5.55. The lowest BCUT2D eigenvalue weighted by Crippen LogP contribution is -2.28. The Kier molecular flexibility index (Phi) is 6.50. The lowest BCUT2D eigenvalue weighted by atomic mass is 10.1. The van der Waals surface area contributed by atoms with E-state index >= 15 is 0 Å². The maximum Gasteiger partial charge on any atom is 0.310 e. The van der Waals surface area contributed by atoms with Crippen molar-refractivity contribution < 1.29 is 27.9 Å². The highest BCUT2D eigenvalue weighted by atomic mass is 32.2. The Hall–Kier alpha value is -2.91. The standard InChI is InChI=1S/C20H22N2O6S/c23-17-8-6-15(7-9-17)12-20(25)28-14-19(24)21-16-4-3-5-18(13-16)29(26,27)22-10-1-2-11-22/h3-9,13,23H,1-2,10-12,14H2,(H,21,24). The molecule has 1 saturated heterocycles. The number of hydrogen-bond donors (Lipinski definition) is 2. The van der Waals surface area contributed by atoms with Gasteiger partial charge in [-0.05, 0) is 48.7 Å². The molecule has 0 unspecified atom stereocenters. The summed E-state index contributed by atoms with van der Waals surface area (Å²) in [5, 5.41) is 11.8. The van der Waals surface area contributed by atoms with Gasteiger partial charge in [0.15, 0.2) is 6.61 Å². The number of aromatic hydroxyl groups is 1. The van der Waals surface area contributed by atoms with Gasteiger partial charge in [-0.3, -0.25) is 9.59 Å². The zero-order valence-corrected chi connectivity index (χ0v) is 16.5. The summed E-state index contributed by atoms with van der Waals surface area (Å²) in [4.78, 5) is 24.0. The second kappa shape index (κ2) is 9.06. The molecule has 8 nitrogen and oxygen atoms in total. The third-order valence-corrected chi connectivity index (χ3v) is 6.36. The molecule has 1 aliphatic heterocycles. The van der Waals surface area contributed by atoms with Crippen LogP contribution in [0.1, 0.15) is 18.4 Å². The third-order valence-electron chi connectivity index (χ3n) is 4.47. The number of esters is 1. The average Bonchev–Trinajstić information content (AvgIpc) is 3.24. The van der Waals surface area contributed by atoms with Gasteiger partial charge in [0.05, 0.1) is 11.3 Å². The molecule has 154 valence electrons. The lowest BCUT2D eigenvalue weighted by Gasteiger charge is -2.16. The minimum atomic E-state index is -3.58. The Labute approximate surface area is 169 Å². The summed E-state index contributed by atoms with van der Waals surface area (Å²) < 4.78 is 31.6. The molecule has 0 aromatic heterocycles. The van der Waals surface area contributed by atoms with Gasteiger partial charge in [-0.15, -0.1) is 0 Å². The van der Waals surface area contributed by atoms with Gasteiger partial charge in [-0.25, -0.2) is 8.42 Å². The Morgan fingerprint density at radius 3 is 2.45 bits per heavy atom. The van der Waals surface area contributed by atoms with Crippen LogP contribution in [0.5, 0.6) is 5.75 Å². The fourth-order valence-corrected chi connectivity index (χ4v) is 4.55. The quantitative estimate of drug-likeness (QED) is 0.664. The van der Waals surface area contributed by atoms with Crippen LogP contribution in [0.3, 0.4) is 0 Å². The highest BCUT2D eigenvalue weighted by molar-refractivity contribution is 7.89. The molecule has 0 spiro atoms. The van der Waals surface area contributed by atoms with Crippen molar-refractivity contribution in [3.8, 4) is 5.75 Å². The molecule has 2 aromatic rings. The van der Waals surface area contributed by atoms with Crippen molar-refractivity contribution in [2.75, 3.05) is 25.0 Å².